The molecule has 152 valence electrons. The van der Waals surface area contributed by atoms with E-state index in [9.17, 15) is 14.4 Å². The molecule has 0 aromatic heterocycles. The molecule has 1 saturated heterocycles. The summed E-state index contributed by atoms with van der Waals surface area (Å²) in [6.07, 6.45) is 10.3. The van der Waals surface area contributed by atoms with E-state index in [0.29, 0.717) is 45.1 Å². The molecule has 0 bridgehead atoms. The molecule has 3 aliphatic rings. The Morgan fingerprint density at radius 2 is 1.37 bits per heavy atom. The number of urea groups is 1. The Labute approximate surface area is 162 Å². The maximum atomic E-state index is 13.2. The van der Waals surface area contributed by atoms with Gasteiger partial charge in [0.1, 0.15) is 5.54 Å². The Morgan fingerprint density at radius 1 is 0.815 bits per heavy atom. The summed E-state index contributed by atoms with van der Waals surface area (Å²) in [6, 6.07) is 0.305. The molecule has 7 heteroatoms. The zero-order valence-electron chi connectivity index (χ0n) is 16.6. The second-order valence-electron chi connectivity index (χ2n) is 8.39. The lowest BCUT2D eigenvalue weighted by molar-refractivity contribution is -0.144. The van der Waals surface area contributed by atoms with Crippen LogP contribution in [0.2, 0.25) is 0 Å². The highest BCUT2D eigenvalue weighted by Crippen LogP contribution is 2.30. The Balaban J connectivity index is 1.53. The predicted molar refractivity (Wildman–Crippen MR) is 103 cm³/mol. The van der Waals surface area contributed by atoms with Crippen LogP contribution in [0.5, 0.6) is 0 Å². The molecule has 0 radical (unpaired) electrons. The van der Waals surface area contributed by atoms with Crippen LogP contribution in [0.4, 0.5) is 4.79 Å². The Bertz CT molecular complexity index is 545. The zero-order chi connectivity index (χ0) is 19.3. The molecular formula is C20H34N4O3. The first kappa shape index (κ1) is 20.0. The minimum atomic E-state index is -0.739. The molecule has 0 unspecified atom stereocenters. The average molecular weight is 379 g/mol. The van der Waals surface area contributed by atoms with Crippen molar-refractivity contribution in [3.63, 3.8) is 0 Å². The first-order chi connectivity index (χ1) is 13.0. The molecule has 7 nitrogen and oxygen atoms in total. The Morgan fingerprint density at radius 3 is 1.96 bits per heavy atom. The van der Waals surface area contributed by atoms with Crippen molar-refractivity contribution in [2.24, 2.45) is 0 Å². The van der Waals surface area contributed by atoms with Gasteiger partial charge in [0.2, 0.25) is 11.8 Å². The van der Waals surface area contributed by atoms with Crippen LogP contribution in [-0.2, 0) is 9.59 Å². The third kappa shape index (κ3) is 4.93. The first-order valence-corrected chi connectivity index (χ1v) is 10.6. The van der Waals surface area contributed by atoms with Crippen molar-refractivity contribution in [1.29, 1.82) is 0 Å². The molecule has 2 N–H and O–H groups in total. The lowest BCUT2D eigenvalue weighted by Crippen LogP contribution is -2.63. The van der Waals surface area contributed by atoms with Crippen LogP contribution in [-0.4, -0.2) is 65.4 Å². The van der Waals surface area contributed by atoms with Gasteiger partial charge in [-0.15, -0.1) is 0 Å². The summed E-state index contributed by atoms with van der Waals surface area (Å²) in [6.45, 7) is 3.68. The fourth-order valence-electron chi connectivity index (χ4n) is 4.81. The van der Waals surface area contributed by atoms with Gasteiger partial charge in [-0.05, 0) is 25.7 Å². The van der Waals surface area contributed by atoms with Crippen LogP contribution in [0.15, 0.2) is 0 Å². The third-order valence-electron chi connectivity index (χ3n) is 6.32. The second-order valence-corrected chi connectivity index (χ2v) is 8.39. The van der Waals surface area contributed by atoms with E-state index in [0.717, 1.165) is 32.1 Å². The van der Waals surface area contributed by atoms with Gasteiger partial charge in [-0.1, -0.05) is 38.5 Å². The molecule has 1 aliphatic heterocycles. The fourth-order valence-corrected chi connectivity index (χ4v) is 4.81. The molecular weight excluding hydrogens is 344 g/mol. The van der Waals surface area contributed by atoms with Crippen LogP contribution in [0, 0.1) is 0 Å². The number of carbonyl (C=O) groups is 3. The summed E-state index contributed by atoms with van der Waals surface area (Å²) in [5.74, 6) is -0.111. The van der Waals surface area contributed by atoms with E-state index in [4.69, 9.17) is 0 Å². The number of nitrogens with one attached hydrogen (secondary N) is 2. The highest BCUT2D eigenvalue weighted by Gasteiger charge is 2.43. The van der Waals surface area contributed by atoms with Gasteiger partial charge in [-0.25, -0.2) is 4.79 Å². The van der Waals surface area contributed by atoms with Crippen LogP contribution in [0.25, 0.3) is 0 Å². The molecule has 0 atom stereocenters. The Kier molecular flexibility index (Phi) is 6.60. The molecule has 0 aromatic rings. The highest BCUT2D eigenvalue weighted by molar-refractivity contribution is 5.91. The topological polar surface area (TPSA) is 81.8 Å². The predicted octanol–water partition coefficient (Wildman–Crippen LogP) is 2.01. The second kappa shape index (κ2) is 8.93. The van der Waals surface area contributed by atoms with Crippen LogP contribution in [0.3, 0.4) is 0 Å². The number of carbonyl (C=O) groups excluding carboxylic acids is 3. The van der Waals surface area contributed by atoms with Crippen molar-refractivity contribution >= 4 is 17.8 Å². The van der Waals surface area contributed by atoms with Crippen LogP contribution < -0.4 is 10.6 Å². The standard InChI is InChI=1S/C20H34N4O3/c1-16(25)22-20(10-6-3-7-11-20)18(26)23-12-14-24(15-13-23)19(27)21-17-8-4-2-5-9-17/h17H,2-15H2,1H3,(H,21,27)(H,22,25). The number of amides is 4. The molecule has 3 fully saturated rings. The average Bonchev–Trinajstić information content (AvgIpc) is 2.68. The SMILES string of the molecule is CC(=O)NC1(C(=O)N2CCN(C(=O)NC3CCCCC3)CC2)CCCCC1. The molecule has 3 rings (SSSR count). The maximum absolute atomic E-state index is 13.2. The van der Waals surface area contributed by atoms with Gasteiger partial charge in [0.05, 0.1) is 0 Å². The van der Waals surface area contributed by atoms with E-state index in [1.54, 1.807) is 0 Å². The van der Waals surface area contributed by atoms with E-state index in [-0.39, 0.29) is 17.8 Å². The minimum absolute atomic E-state index is 0.00300. The van der Waals surface area contributed by atoms with Crippen molar-refractivity contribution < 1.29 is 14.4 Å². The molecule has 1 heterocycles. The number of hydrogen-bond donors (Lipinski definition) is 2. The highest BCUT2D eigenvalue weighted by atomic mass is 16.2. The molecule has 0 spiro atoms. The van der Waals surface area contributed by atoms with Crippen LogP contribution in [0.1, 0.15) is 71.1 Å². The summed E-state index contributed by atoms with van der Waals surface area (Å²) < 4.78 is 0. The normalized spacial score (nSPS) is 23.6. The monoisotopic (exact) mass is 378 g/mol. The lowest BCUT2D eigenvalue weighted by Gasteiger charge is -2.43. The first-order valence-electron chi connectivity index (χ1n) is 10.6. The molecule has 27 heavy (non-hydrogen) atoms. The van der Waals surface area contributed by atoms with Crippen molar-refractivity contribution in [2.45, 2.75) is 82.7 Å². The van der Waals surface area contributed by atoms with E-state index in [1.165, 1.54) is 26.2 Å². The summed E-state index contributed by atoms with van der Waals surface area (Å²) in [5, 5.41) is 6.11. The summed E-state index contributed by atoms with van der Waals surface area (Å²) in [4.78, 5) is 41.1. The van der Waals surface area contributed by atoms with Crippen molar-refractivity contribution in [3.8, 4) is 0 Å². The fraction of sp³-hybridized carbons (Fsp3) is 0.850. The van der Waals surface area contributed by atoms with Gasteiger partial charge in [-0.2, -0.15) is 0 Å². The molecule has 2 saturated carbocycles. The van der Waals surface area contributed by atoms with Crippen LogP contribution >= 0.6 is 0 Å². The van der Waals surface area contributed by atoms with E-state index in [2.05, 4.69) is 10.6 Å². The quantitative estimate of drug-likeness (QED) is 0.788. The largest absolute Gasteiger partial charge is 0.342 e. The zero-order valence-corrected chi connectivity index (χ0v) is 16.6. The number of hydrogen-bond acceptors (Lipinski definition) is 3. The van der Waals surface area contributed by atoms with E-state index in [1.807, 2.05) is 9.80 Å². The van der Waals surface area contributed by atoms with Gasteiger partial charge in [0, 0.05) is 39.1 Å². The summed E-state index contributed by atoms with van der Waals surface area (Å²) in [7, 11) is 0. The van der Waals surface area contributed by atoms with Gasteiger partial charge in [0.25, 0.3) is 0 Å². The van der Waals surface area contributed by atoms with Crippen molar-refractivity contribution in [2.75, 3.05) is 26.2 Å². The van der Waals surface area contributed by atoms with Gasteiger partial charge in [0.15, 0.2) is 0 Å². The minimum Gasteiger partial charge on any atom is -0.342 e. The lowest BCUT2D eigenvalue weighted by atomic mass is 9.80. The third-order valence-corrected chi connectivity index (χ3v) is 6.32. The number of nitrogens with zero attached hydrogens (tertiary/aromatic N) is 2. The smallest absolute Gasteiger partial charge is 0.317 e. The molecule has 4 amide bonds. The molecule has 2 aliphatic carbocycles. The van der Waals surface area contributed by atoms with Gasteiger partial charge < -0.3 is 20.4 Å². The van der Waals surface area contributed by atoms with Gasteiger partial charge in [-0.3, -0.25) is 9.59 Å². The summed E-state index contributed by atoms with van der Waals surface area (Å²) >= 11 is 0. The maximum Gasteiger partial charge on any atom is 0.317 e. The molecule has 0 aromatic carbocycles. The Hall–Kier alpha value is -1.79. The van der Waals surface area contributed by atoms with Crippen molar-refractivity contribution in [3.05, 3.63) is 0 Å². The van der Waals surface area contributed by atoms with Gasteiger partial charge >= 0.3 is 6.03 Å². The van der Waals surface area contributed by atoms with E-state index >= 15 is 0 Å². The summed E-state index contributed by atoms with van der Waals surface area (Å²) in [5.41, 5.74) is -0.739. The number of piperazine rings is 1. The number of rotatable bonds is 3. The van der Waals surface area contributed by atoms with E-state index < -0.39 is 5.54 Å². The van der Waals surface area contributed by atoms with Crippen molar-refractivity contribution in [1.82, 2.24) is 20.4 Å².